The van der Waals surface area contributed by atoms with E-state index >= 15 is 0 Å². The molecule has 2 aromatic rings. The van der Waals surface area contributed by atoms with Crippen LogP contribution in [0, 0.1) is 0 Å². The molecule has 0 bridgehead atoms. The van der Waals surface area contributed by atoms with Crippen LogP contribution in [0.3, 0.4) is 0 Å². The first-order chi connectivity index (χ1) is 7.98. The fourth-order valence-corrected chi connectivity index (χ4v) is 1.38. The summed E-state index contributed by atoms with van der Waals surface area (Å²) in [5, 5.41) is 0. The first kappa shape index (κ1) is 11.3. The van der Waals surface area contributed by atoms with Crippen molar-refractivity contribution in [3.05, 3.63) is 46.8 Å². The average Bonchev–Trinajstić information content (AvgIpc) is 2.28. The van der Waals surface area contributed by atoms with Crippen molar-refractivity contribution in [1.82, 2.24) is 15.0 Å². The van der Waals surface area contributed by atoms with Gasteiger partial charge < -0.3 is 4.98 Å². The highest BCUT2D eigenvalue weighted by atomic mass is 19.4. The molecule has 0 aliphatic rings. The largest absolute Gasteiger partial charge is 0.417 e. The molecule has 0 spiro atoms. The molecule has 0 aromatic carbocycles. The Kier molecular flexibility index (Phi) is 2.66. The topological polar surface area (TPSA) is 58.6 Å². The van der Waals surface area contributed by atoms with Gasteiger partial charge in [-0.3, -0.25) is 4.98 Å². The average molecular weight is 241 g/mol. The number of hydrogen-bond donors (Lipinski definition) is 1. The quantitative estimate of drug-likeness (QED) is 0.828. The lowest BCUT2D eigenvalue weighted by molar-refractivity contribution is -0.137. The zero-order chi connectivity index (χ0) is 12.5. The van der Waals surface area contributed by atoms with Gasteiger partial charge in [0.25, 0.3) is 0 Å². The number of pyridine rings is 1. The van der Waals surface area contributed by atoms with Gasteiger partial charge in [-0.25, -0.2) is 9.78 Å². The van der Waals surface area contributed by atoms with Crippen LogP contribution in [0.1, 0.15) is 5.56 Å². The molecule has 0 aliphatic carbocycles. The van der Waals surface area contributed by atoms with Gasteiger partial charge >= 0.3 is 11.9 Å². The molecule has 2 rings (SSSR count). The Morgan fingerprint density at radius 3 is 2.59 bits per heavy atom. The highest BCUT2D eigenvalue weighted by Gasteiger charge is 2.33. The van der Waals surface area contributed by atoms with Gasteiger partial charge in [-0.2, -0.15) is 13.2 Å². The van der Waals surface area contributed by atoms with E-state index in [1.807, 2.05) is 0 Å². The summed E-state index contributed by atoms with van der Waals surface area (Å²) in [6.45, 7) is 0. The van der Waals surface area contributed by atoms with Gasteiger partial charge in [-0.05, 0) is 12.1 Å². The highest BCUT2D eigenvalue weighted by Crippen LogP contribution is 2.35. The Bertz CT molecular complexity index is 592. The van der Waals surface area contributed by atoms with Crippen molar-refractivity contribution in [2.45, 2.75) is 6.18 Å². The maximum atomic E-state index is 12.7. The van der Waals surface area contributed by atoms with Crippen LogP contribution in [0.25, 0.3) is 11.3 Å². The van der Waals surface area contributed by atoms with Crippen LogP contribution in [-0.4, -0.2) is 15.0 Å². The molecule has 88 valence electrons. The van der Waals surface area contributed by atoms with Gasteiger partial charge in [0.05, 0.1) is 11.3 Å². The van der Waals surface area contributed by atoms with Crippen molar-refractivity contribution in [1.29, 1.82) is 0 Å². The molecule has 0 unspecified atom stereocenters. The van der Waals surface area contributed by atoms with Crippen LogP contribution in [0.4, 0.5) is 13.2 Å². The second-order valence-corrected chi connectivity index (χ2v) is 3.21. The summed E-state index contributed by atoms with van der Waals surface area (Å²) in [7, 11) is 0. The molecule has 0 radical (unpaired) electrons. The lowest BCUT2D eigenvalue weighted by Gasteiger charge is -2.11. The molecule has 0 atom stereocenters. The van der Waals surface area contributed by atoms with Gasteiger partial charge in [0.1, 0.15) is 0 Å². The Labute approximate surface area is 93.2 Å². The number of H-pyrrole nitrogens is 1. The monoisotopic (exact) mass is 241 g/mol. The van der Waals surface area contributed by atoms with Crippen molar-refractivity contribution in [2.75, 3.05) is 0 Å². The maximum Gasteiger partial charge on any atom is 0.417 e. The van der Waals surface area contributed by atoms with Gasteiger partial charge in [-0.1, -0.05) is 0 Å². The van der Waals surface area contributed by atoms with E-state index in [2.05, 4.69) is 15.0 Å². The van der Waals surface area contributed by atoms with Crippen molar-refractivity contribution in [2.24, 2.45) is 0 Å². The summed E-state index contributed by atoms with van der Waals surface area (Å²) in [4.78, 5) is 20.2. The van der Waals surface area contributed by atoms with Gasteiger partial charge in [0.15, 0.2) is 0 Å². The molecule has 4 nitrogen and oxygen atoms in total. The zero-order valence-corrected chi connectivity index (χ0v) is 8.32. The third-order valence-electron chi connectivity index (χ3n) is 2.09. The predicted octanol–water partition coefficient (Wildman–Crippen LogP) is 1.85. The molecule has 0 aliphatic heterocycles. The second kappa shape index (κ2) is 4.00. The molecule has 2 aromatic heterocycles. The number of nitrogens with zero attached hydrogens (tertiary/aromatic N) is 2. The van der Waals surface area contributed by atoms with E-state index in [4.69, 9.17) is 0 Å². The molecule has 0 saturated heterocycles. The minimum absolute atomic E-state index is 0.0328. The minimum atomic E-state index is -4.50. The number of rotatable bonds is 1. The molecular weight excluding hydrogens is 235 g/mol. The van der Waals surface area contributed by atoms with Crippen LogP contribution in [0.2, 0.25) is 0 Å². The molecule has 0 saturated carbocycles. The number of nitrogens with one attached hydrogen (secondary N) is 1. The Morgan fingerprint density at radius 2 is 1.94 bits per heavy atom. The van der Waals surface area contributed by atoms with E-state index in [-0.39, 0.29) is 11.3 Å². The van der Waals surface area contributed by atoms with Crippen molar-refractivity contribution in [3.8, 4) is 11.3 Å². The number of aromatic amines is 1. The Morgan fingerprint density at radius 1 is 1.18 bits per heavy atom. The lowest BCUT2D eigenvalue weighted by atomic mass is 10.1. The predicted molar refractivity (Wildman–Crippen MR) is 53.1 cm³/mol. The van der Waals surface area contributed by atoms with E-state index in [0.717, 1.165) is 24.7 Å². The molecular formula is C10H6F3N3O. The summed E-state index contributed by atoms with van der Waals surface area (Å²) < 4.78 is 38.1. The molecule has 0 amide bonds. The smallest absolute Gasteiger partial charge is 0.305 e. The molecule has 17 heavy (non-hydrogen) atoms. The number of aromatic nitrogens is 3. The lowest BCUT2D eigenvalue weighted by Crippen LogP contribution is -2.12. The number of halogens is 3. The highest BCUT2D eigenvalue weighted by molar-refractivity contribution is 5.62. The SMILES string of the molecule is O=c1nccc(-c2cnccc2C(F)(F)F)[nH]1. The molecule has 7 heteroatoms. The molecule has 2 heterocycles. The normalized spacial score (nSPS) is 11.5. The molecule has 1 N–H and O–H groups in total. The third-order valence-corrected chi connectivity index (χ3v) is 2.09. The summed E-state index contributed by atoms with van der Waals surface area (Å²) in [5.74, 6) is 0. The second-order valence-electron chi connectivity index (χ2n) is 3.21. The van der Waals surface area contributed by atoms with Crippen molar-refractivity contribution in [3.63, 3.8) is 0 Å². The first-order valence-electron chi connectivity index (χ1n) is 4.55. The van der Waals surface area contributed by atoms with Gasteiger partial charge in [0, 0.05) is 24.2 Å². The number of hydrogen-bond acceptors (Lipinski definition) is 3. The fourth-order valence-electron chi connectivity index (χ4n) is 1.38. The Balaban J connectivity index is 2.64. The standard InChI is InChI=1S/C10H6F3N3O/c11-10(12,13)7-1-3-14-5-6(7)8-2-4-15-9(17)16-8/h1-5H,(H,15,16,17). The zero-order valence-electron chi connectivity index (χ0n) is 8.32. The van der Waals surface area contributed by atoms with Crippen LogP contribution in [-0.2, 0) is 6.18 Å². The van der Waals surface area contributed by atoms with Crippen LogP contribution < -0.4 is 5.69 Å². The van der Waals surface area contributed by atoms with Gasteiger partial charge in [-0.15, -0.1) is 0 Å². The van der Waals surface area contributed by atoms with Crippen LogP contribution >= 0.6 is 0 Å². The Hall–Kier alpha value is -2.18. The third kappa shape index (κ3) is 2.32. The maximum absolute atomic E-state index is 12.7. The van der Waals surface area contributed by atoms with E-state index in [1.54, 1.807) is 0 Å². The van der Waals surface area contributed by atoms with Gasteiger partial charge in [0.2, 0.25) is 0 Å². The summed E-state index contributed by atoms with van der Waals surface area (Å²) >= 11 is 0. The minimum Gasteiger partial charge on any atom is -0.305 e. The summed E-state index contributed by atoms with van der Waals surface area (Å²) in [6.07, 6.45) is -1.26. The van der Waals surface area contributed by atoms with Crippen molar-refractivity contribution < 1.29 is 13.2 Å². The van der Waals surface area contributed by atoms with Crippen molar-refractivity contribution >= 4 is 0 Å². The summed E-state index contributed by atoms with van der Waals surface area (Å²) in [6, 6.07) is 2.14. The van der Waals surface area contributed by atoms with Crippen LogP contribution in [0.5, 0.6) is 0 Å². The number of alkyl halides is 3. The van der Waals surface area contributed by atoms with E-state index < -0.39 is 17.4 Å². The van der Waals surface area contributed by atoms with E-state index in [1.165, 1.54) is 6.07 Å². The fraction of sp³-hybridized carbons (Fsp3) is 0.100. The summed E-state index contributed by atoms with van der Waals surface area (Å²) in [5.41, 5.74) is -1.71. The van der Waals surface area contributed by atoms with Crippen LogP contribution in [0.15, 0.2) is 35.5 Å². The van der Waals surface area contributed by atoms with E-state index in [0.29, 0.717) is 0 Å². The first-order valence-corrected chi connectivity index (χ1v) is 4.55. The molecule has 0 fully saturated rings. The van der Waals surface area contributed by atoms with E-state index in [9.17, 15) is 18.0 Å².